The molecule has 0 heterocycles. The van der Waals surface area contributed by atoms with Crippen LogP contribution in [0.1, 0.15) is 17.2 Å². The summed E-state index contributed by atoms with van der Waals surface area (Å²) in [6.45, 7) is 2.25. The minimum atomic E-state index is -0.466. The van der Waals surface area contributed by atoms with Crippen molar-refractivity contribution < 1.29 is 14.5 Å². The van der Waals surface area contributed by atoms with Crippen LogP contribution in [0, 0.1) is 6.92 Å². The van der Waals surface area contributed by atoms with E-state index in [4.69, 9.17) is 0 Å². The fourth-order valence-corrected chi connectivity index (χ4v) is 2.66. The topological polar surface area (TPSA) is 53.9 Å². The first-order valence-electron chi connectivity index (χ1n) is 8.33. The second-order valence-electron chi connectivity index (χ2n) is 6.51. The molecule has 0 aromatic heterocycles. The summed E-state index contributed by atoms with van der Waals surface area (Å²) in [5.41, 5.74) is 2.77. The smallest absolute Gasteiger partial charge is 0.287 e. The quantitative estimate of drug-likeness (QED) is 0.832. The number of aryl methyl sites for hydroxylation is 1. The Balaban J connectivity index is 2.23. The van der Waals surface area contributed by atoms with Crippen molar-refractivity contribution in [3.8, 4) is 0 Å². The molecule has 2 aromatic carbocycles. The van der Waals surface area contributed by atoms with Gasteiger partial charge in [-0.25, -0.2) is 0 Å². The van der Waals surface area contributed by atoms with Crippen LogP contribution in [0.15, 0.2) is 54.6 Å². The van der Waals surface area contributed by atoms with Gasteiger partial charge in [-0.15, -0.1) is 0 Å². The Labute approximate surface area is 149 Å². The molecule has 0 fully saturated rings. The molecule has 2 atom stereocenters. The number of anilines is 1. The number of carbonyl (C=O) groups is 2. The summed E-state index contributed by atoms with van der Waals surface area (Å²) in [4.78, 5) is 27.4. The normalized spacial score (nSPS) is 13.0. The first-order valence-corrected chi connectivity index (χ1v) is 8.33. The van der Waals surface area contributed by atoms with Crippen molar-refractivity contribution in [1.82, 2.24) is 4.90 Å². The molecule has 0 aliphatic carbocycles. The van der Waals surface area contributed by atoms with Gasteiger partial charge in [-0.1, -0.05) is 48.0 Å². The van der Waals surface area contributed by atoms with Gasteiger partial charge in [-0.2, -0.15) is 0 Å². The Bertz CT molecular complexity index is 711. The number of hydrogen-bond donors (Lipinski definition) is 2. The molecule has 132 valence electrons. The van der Waals surface area contributed by atoms with Gasteiger partial charge in [0.1, 0.15) is 0 Å². The average Bonchev–Trinajstić information content (AvgIpc) is 2.58. The van der Waals surface area contributed by atoms with E-state index in [-0.39, 0.29) is 18.4 Å². The van der Waals surface area contributed by atoms with Gasteiger partial charge in [0.15, 0.2) is 12.6 Å². The Kier molecular flexibility index (Phi) is 6.31. The summed E-state index contributed by atoms with van der Waals surface area (Å²) >= 11 is 0. The highest BCUT2D eigenvalue weighted by Crippen LogP contribution is 2.14. The van der Waals surface area contributed by atoms with E-state index in [0.717, 1.165) is 21.7 Å². The number of hydrogen-bond acceptors (Lipinski definition) is 2. The summed E-state index contributed by atoms with van der Waals surface area (Å²) in [5.74, 6) is -0.138. The maximum Gasteiger partial charge on any atom is 0.287 e. The molecule has 25 heavy (non-hydrogen) atoms. The highest BCUT2D eigenvalue weighted by Gasteiger charge is 2.30. The van der Waals surface area contributed by atoms with Gasteiger partial charge >= 0.3 is 0 Å². The third-order valence-electron chi connectivity index (χ3n) is 4.14. The third-order valence-corrected chi connectivity index (χ3v) is 4.14. The molecule has 0 radical (unpaired) electrons. The summed E-state index contributed by atoms with van der Waals surface area (Å²) in [5, 5.41) is 2.97. The van der Waals surface area contributed by atoms with E-state index in [1.807, 2.05) is 68.6 Å². The number of benzene rings is 2. The molecule has 0 saturated heterocycles. The molecular formula is C20H26N3O2+. The van der Waals surface area contributed by atoms with E-state index in [1.54, 1.807) is 19.0 Å². The Hall–Kier alpha value is -2.66. The van der Waals surface area contributed by atoms with Crippen molar-refractivity contribution in [2.24, 2.45) is 0 Å². The predicted octanol–water partition coefficient (Wildman–Crippen LogP) is 1.28. The monoisotopic (exact) mass is 340 g/mol. The Morgan fingerprint density at radius 3 is 2.20 bits per heavy atom. The largest absolute Gasteiger partial charge is 0.344 e. The minimum absolute atomic E-state index is 0.0124. The molecule has 5 nitrogen and oxygen atoms in total. The van der Waals surface area contributed by atoms with Crippen molar-refractivity contribution >= 4 is 17.5 Å². The van der Waals surface area contributed by atoms with Gasteiger partial charge in [-0.3, -0.25) is 9.59 Å². The molecule has 1 unspecified atom stereocenters. The number of amides is 2. The van der Waals surface area contributed by atoms with Crippen LogP contribution in [-0.4, -0.2) is 44.4 Å². The van der Waals surface area contributed by atoms with E-state index >= 15 is 0 Å². The van der Waals surface area contributed by atoms with E-state index in [0.29, 0.717) is 0 Å². The molecule has 2 amide bonds. The van der Waals surface area contributed by atoms with E-state index in [2.05, 4.69) is 5.32 Å². The third kappa shape index (κ3) is 5.16. The fraction of sp³-hybridized carbons (Fsp3) is 0.300. The zero-order valence-electron chi connectivity index (χ0n) is 15.2. The lowest BCUT2D eigenvalue weighted by atomic mass is 10.0. The van der Waals surface area contributed by atoms with E-state index in [9.17, 15) is 9.59 Å². The summed E-state index contributed by atoms with van der Waals surface area (Å²) < 4.78 is 0. The summed E-state index contributed by atoms with van der Waals surface area (Å²) in [6, 6.07) is 16.8. The molecular weight excluding hydrogens is 314 g/mol. The van der Waals surface area contributed by atoms with Crippen LogP contribution in [0.3, 0.4) is 0 Å². The van der Waals surface area contributed by atoms with Crippen LogP contribution in [0.5, 0.6) is 0 Å². The van der Waals surface area contributed by atoms with Gasteiger partial charge in [0, 0.05) is 25.3 Å². The molecule has 0 spiro atoms. The number of carbonyl (C=O) groups excluding carboxylic acids is 2. The summed E-state index contributed by atoms with van der Waals surface area (Å²) in [6.07, 6.45) is 0. The second kappa shape index (κ2) is 8.44. The number of nitrogens with one attached hydrogen (secondary N) is 2. The van der Waals surface area contributed by atoms with Gasteiger partial charge < -0.3 is 15.1 Å². The van der Waals surface area contributed by atoms with Crippen LogP contribution >= 0.6 is 0 Å². The maximum atomic E-state index is 12.9. The lowest BCUT2D eigenvalue weighted by molar-refractivity contribution is -0.894. The summed E-state index contributed by atoms with van der Waals surface area (Å²) in [7, 11) is 5.31. The standard InChI is InChI=1S/C20H25N3O2/c1-15-10-12-17(13-11-15)21-20(25)19(16-8-6-5-7-9-16)23(4)14-18(24)22(2)3/h5-13,19H,14H2,1-4H3,(H,21,25)/p+1/t19-/m1/s1. The molecule has 0 aliphatic heterocycles. The molecule has 5 heteroatoms. The molecule has 2 aromatic rings. The number of quaternary nitrogens is 1. The zero-order chi connectivity index (χ0) is 18.4. The van der Waals surface area contributed by atoms with Crippen LogP contribution in [0.2, 0.25) is 0 Å². The van der Waals surface area contributed by atoms with E-state index in [1.165, 1.54) is 0 Å². The van der Waals surface area contributed by atoms with Gasteiger partial charge in [0.2, 0.25) is 0 Å². The minimum Gasteiger partial charge on any atom is -0.344 e. The zero-order valence-corrected chi connectivity index (χ0v) is 15.2. The highest BCUT2D eigenvalue weighted by molar-refractivity contribution is 5.94. The number of nitrogens with zero attached hydrogens (tertiary/aromatic N) is 1. The number of likely N-dealkylation sites (N-methyl/N-ethyl adjacent to an activating group) is 2. The van der Waals surface area contributed by atoms with Crippen molar-refractivity contribution in [2.75, 3.05) is 33.0 Å². The van der Waals surface area contributed by atoms with Crippen molar-refractivity contribution in [1.29, 1.82) is 0 Å². The van der Waals surface area contributed by atoms with Gasteiger partial charge in [0.05, 0.1) is 7.05 Å². The van der Waals surface area contributed by atoms with Crippen molar-refractivity contribution in [2.45, 2.75) is 13.0 Å². The second-order valence-corrected chi connectivity index (χ2v) is 6.51. The molecule has 2 rings (SSSR count). The molecule has 0 aliphatic rings. The molecule has 0 bridgehead atoms. The molecule has 0 saturated carbocycles. The Morgan fingerprint density at radius 1 is 1.04 bits per heavy atom. The van der Waals surface area contributed by atoms with Crippen molar-refractivity contribution in [3.05, 3.63) is 65.7 Å². The first kappa shape index (κ1) is 18.7. The average molecular weight is 340 g/mol. The van der Waals surface area contributed by atoms with Crippen LogP contribution in [0.4, 0.5) is 5.69 Å². The Morgan fingerprint density at radius 2 is 1.64 bits per heavy atom. The predicted molar refractivity (Wildman–Crippen MR) is 99.4 cm³/mol. The first-order chi connectivity index (χ1) is 11.9. The fourth-order valence-electron chi connectivity index (χ4n) is 2.66. The maximum absolute atomic E-state index is 12.9. The highest BCUT2D eigenvalue weighted by atomic mass is 16.2. The lowest BCUT2D eigenvalue weighted by Crippen LogP contribution is -3.11. The van der Waals surface area contributed by atoms with Gasteiger partial charge in [-0.05, 0) is 19.1 Å². The van der Waals surface area contributed by atoms with Crippen LogP contribution in [-0.2, 0) is 9.59 Å². The lowest BCUT2D eigenvalue weighted by Gasteiger charge is -2.25. The molecule has 2 N–H and O–H groups in total. The van der Waals surface area contributed by atoms with Crippen LogP contribution in [0.25, 0.3) is 0 Å². The van der Waals surface area contributed by atoms with Crippen molar-refractivity contribution in [3.63, 3.8) is 0 Å². The van der Waals surface area contributed by atoms with E-state index < -0.39 is 6.04 Å². The van der Waals surface area contributed by atoms with Crippen LogP contribution < -0.4 is 10.2 Å². The van der Waals surface area contributed by atoms with Gasteiger partial charge in [0.25, 0.3) is 11.8 Å². The number of rotatable bonds is 6. The SMILES string of the molecule is Cc1ccc(NC(=O)[C@@H](c2ccccc2)[NH+](C)CC(=O)N(C)C)cc1.